The number of benzene rings is 1. The van der Waals surface area contributed by atoms with Crippen molar-refractivity contribution in [3.8, 4) is 0 Å². The zero-order valence-electron chi connectivity index (χ0n) is 15.0. The van der Waals surface area contributed by atoms with E-state index < -0.39 is 0 Å². The molecule has 4 nitrogen and oxygen atoms in total. The van der Waals surface area contributed by atoms with Crippen LogP contribution in [-0.4, -0.2) is 10.9 Å². The predicted molar refractivity (Wildman–Crippen MR) is 99.1 cm³/mol. The number of carbonyl (C=O) groups is 1. The maximum absolute atomic E-state index is 12.4. The van der Waals surface area contributed by atoms with Gasteiger partial charge in [0.15, 0.2) is 5.76 Å². The van der Waals surface area contributed by atoms with Crippen molar-refractivity contribution in [3.05, 3.63) is 81.9 Å². The second-order valence-corrected chi connectivity index (χ2v) is 6.44. The average molecular weight is 334 g/mol. The van der Waals surface area contributed by atoms with Crippen molar-refractivity contribution in [2.75, 3.05) is 5.32 Å². The molecule has 25 heavy (non-hydrogen) atoms. The number of aromatic nitrogens is 1. The summed E-state index contributed by atoms with van der Waals surface area (Å²) in [5.74, 6) is 1.33. The van der Waals surface area contributed by atoms with E-state index in [9.17, 15) is 4.79 Å². The van der Waals surface area contributed by atoms with Crippen LogP contribution < -0.4 is 5.32 Å². The summed E-state index contributed by atoms with van der Waals surface area (Å²) in [4.78, 5) is 16.5. The topological polar surface area (TPSA) is 55.1 Å². The Morgan fingerprint density at radius 3 is 2.44 bits per heavy atom. The van der Waals surface area contributed by atoms with E-state index in [1.807, 2.05) is 25.1 Å². The normalized spacial score (nSPS) is 10.7. The Morgan fingerprint density at radius 1 is 1.04 bits per heavy atom. The summed E-state index contributed by atoms with van der Waals surface area (Å²) in [6.07, 6.45) is 2.33. The molecular weight excluding hydrogens is 312 g/mol. The molecule has 2 aromatic heterocycles. The number of anilines is 1. The molecule has 0 bridgehead atoms. The minimum atomic E-state index is -0.287. The summed E-state index contributed by atoms with van der Waals surface area (Å²) in [6.45, 7) is 8.21. The first-order chi connectivity index (χ1) is 11.9. The smallest absolute Gasteiger partial charge is 0.292 e. The van der Waals surface area contributed by atoms with Gasteiger partial charge in [-0.2, -0.15) is 0 Å². The molecule has 0 spiro atoms. The maximum Gasteiger partial charge on any atom is 0.292 e. The zero-order valence-corrected chi connectivity index (χ0v) is 15.0. The molecule has 0 aliphatic carbocycles. The highest BCUT2D eigenvalue weighted by Gasteiger charge is 2.14. The van der Waals surface area contributed by atoms with Gasteiger partial charge in [-0.1, -0.05) is 23.8 Å². The molecule has 0 radical (unpaired) electrons. The molecule has 0 atom stereocenters. The second-order valence-electron chi connectivity index (χ2n) is 6.44. The van der Waals surface area contributed by atoms with Gasteiger partial charge in [-0.3, -0.25) is 4.79 Å². The van der Waals surface area contributed by atoms with E-state index in [1.54, 1.807) is 12.3 Å². The summed E-state index contributed by atoms with van der Waals surface area (Å²) in [5, 5.41) is 2.79. The summed E-state index contributed by atoms with van der Waals surface area (Å²) < 4.78 is 5.76. The highest BCUT2D eigenvalue weighted by Crippen LogP contribution is 2.22. The van der Waals surface area contributed by atoms with Crippen molar-refractivity contribution in [1.29, 1.82) is 0 Å². The number of hydrogen-bond donors (Lipinski definition) is 1. The SMILES string of the molecule is Cc1cc(C)c(Cc2ccc(C(=O)Nc3ncccc3C)o2)c(C)c1. The third-order valence-corrected chi connectivity index (χ3v) is 4.32. The highest BCUT2D eigenvalue weighted by molar-refractivity contribution is 6.02. The van der Waals surface area contributed by atoms with Gasteiger partial charge in [0.2, 0.25) is 0 Å². The number of rotatable bonds is 4. The summed E-state index contributed by atoms with van der Waals surface area (Å²) in [7, 11) is 0. The van der Waals surface area contributed by atoms with Gasteiger partial charge in [-0.15, -0.1) is 0 Å². The summed E-state index contributed by atoms with van der Waals surface area (Å²) >= 11 is 0. The minimum Gasteiger partial charge on any atom is -0.456 e. The summed E-state index contributed by atoms with van der Waals surface area (Å²) in [5.41, 5.74) is 5.89. The van der Waals surface area contributed by atoms with Crippen molar-refractivity contribution >= 4 is 11.7 Å². The monoisotopic (exact) mass is 334 g/mol. The molecule has 0 saturated carbocycles. The number of hydrogen-bond acceptors (Lipinski definition) is 3. The fourth-order valence-electron chi connectivity index (χ4n) is 3.04. The fourth-order valence-corrected chi connectivity index (χ4v) is 3.04. The molecular formula is C21H22N2O2. The average Bonchev–Trinajstić information content (AvgIpc) is 3.02. The predicted octanol–water partition coefficient (Wildman–Crippen LogP) is 4.75. The number of aryl methyl sites for hydroxylation is 4. The van der Waals surface area contributed by atoms with Gasteiger partial charge in [0.25, 0.3) is 5.91 Å². The molecule has 1 N–H and O–H groups in total. The maximum atomic E-state index is 12.4. The van der Waals surface area contributed by atoms with Crippen molar-refractivity contribution < 1.29 is 9.21 Å². The van der Waals surface area contributed by atoms with E-state index in [1.165, 1.54) is 22.3 Å². The molecule has 4 heteroatoms. The first-order valence-electron chi connectivity index (χ1n) is 8.32. The highest BCUT2D eigenvalue weighted by atomic mass is 16.3. The van der Waals surface area contributed by atoms with Crippen molar-refractivity contribution in [1.82, 2.24) is 4.98 Å². The Morgan fingerprint density at radius 2 is 1.76 bits per heavy atom. The summed E-state index contributed by atoms with van der Waals surface area (Å²) in [6, 6.07) is 11.6. The van der Waals surface area contributed by atoms with Crippen LogP contribution in [0, 0.1) is 27.7 Å². The lowest BCUT2D eigenvalue weighted by Gasteiger charge is -2.10. The quantitative estimate of drug-likeness (QED) is 0.749. The van der Waals surface area contributed by atoms with E-state index in [0.29, 0.717) is 18.0 Å². The largest absolute Gasteiger partial charge is 0.456 e. The van der Waals surface area contributed by atoms with Crippen LogP contribution in [-0.2, 0) is 6.42 Å². The number of amides is 1. The molecule has 0 unspecified atom stereocenters. The van der Waals surface area contributed by atoms with Crippen LogP contribution in [0.3, 0.4) is 0 Å². The molecule has 1 amide bonds. The van der Waals surface area contributed by atoms with Crippen LogP contribution in [0.2, 0.25) is 0 Å². The van der Waals surface area contributed by atoms with Crippen LogP contribution in [0.25, 0.3) is 0 Å². The standard InChI is InChI=1S/C21H22N2O2/c1-13-10-15(3)18(16(4)11-13)12-17-7-8-19(25-17)21(24)23-20-14(2)6-5-9-22-20/h5-11H,12H2,1-4H3,(H,22,23,24). The van der Waals surface area contributed by atoms with Gasteiger partial charge in [0, 0.05) is 12.6 Å². The first-order valence-corrected chi connectivity index (χ1v) is 8.32. The lowest BCUT2D eigenvalue weighted by molar-refractivity contribution is 0.0994. The number of carbonyl (C=O) groups excluding carboxylic acids is 1. The Hall–Kier alpha value is -2.88. The van der Waals surface area contributed by atoms with Gasteiger partial charge in [0.1, 0.15) is 11.6 Å². The molecule has 0 aliphatic heterocycles. The lowest BCUT2D eigenvalue weighted by atomic mass is 9.97. The van der Waals surface area contributed by atoms with E-state index in [0.717, 1.165) is 11.3 Å². The van der Waals surface area contributed by atoms with E-state index >= 15 is 0 Å². The van der Waals surface area contributed by atoms with Crippen LogP contribution >= 0.6 is 0 Å². The van der Waals surface area contributed by atoms with Gasteiger partial charge in [-0.25, -0.2) is 4.98 Å². The third-order valence-electron chi connectivity index (χ3n) is 4.32. The molecule has 0 saturated heterocycles. The first kappa shape index (κ1) is 17.0. The van der Waals surface area contributed by atoms with Crippen molar-refractivity contribution in [2.45, 2.75) is 34.1 Å². The molecule has 3 aromatic rings. The lowest BCUT2D eigenvalue weighted by Crippen LogP contribution is -2.13. The number of nitrogens with one attached hydrogen (secondary N) is 1. The van der Waals surface area contributed by atoms with Crippen LogP contribution in [0.15, 0.2) is 47.0 Å². The Balaban J connectivity index is 1.77. The molecule has 3 rings (SSSR count). The number of pyridine rings is 1. The Kier molecular flexibility index (Phi) is 4.70. The van der Waals surface area contributed by atoms with E-state index in [-0.39, 0.29) is 5.91 Å². The van der Waals surface area contributed by atoms with Crippen molar-refractivity contribution in [2.24, 2.45) is 0 Å². The Bertz CT molecular complexity index is 902. The molecule has 128 valence electrons. The van der Waals surface area contributed by atoms with E-state index in [4.69, 9.17) is 4.42 Å². The molecule has 0 aliphatic rings. The molecule has 1 aromatic carbocycles. The van der Waals surface area contributed by atoms with Crippen molar-refractivity contribution in [3.63, 3.8) is 0 Å². The fraction of sp³-hybridized carbons (Fsp3) is 0.238. The van der Waals surface area contributed by atoms with Crippen LogP contribution in [0.1, 0.15) is 44.1 Å². The van der Waals surface area contributed by atoms with Gasteiger partial charge >= 0.3 is 0 Å². The van der Waals surface area contributed by atoms with Gasteiger partial charge < -0.3 is 9.73 Å². The molecule has 0 fully saturated rings. The number of nitrogens with zero attached hydrogens (tertiary/aromatic N) is 1. The Labute approximate surface area is 147 Å². The second kappa shape index (κ2) is 6.93. The third kappa shape index (κ3) is 3.79. The number of furan rings is 1. The zero-order chi connectivity index (χ0) is 18.0. The van der Waals surface area contributed by atoms with Crippen LogP contribution in [0.5, 0.6) is 0 Å². The minimum absolute atomic E-state index is 0.287. The van der Waals surface area contributed by atoms with Gasteiger partial charge in [0.05, 0.1) is 0 Å². The van der Waals surface area contributed by atoms with Gasteiger partial charge in [-0.05, 0) is 68.1 Å². The van der Waals surface area contributed by atoms with Crippen LogP contribution in [0.4, 0.5) is 5.82 Å². The van der Waals surface area contributed by atoms with E-state index in [2.05, 4.69) is 43.2 Å². The molecule has 2 heterocycles.